The van der Waals surface area contributed by atoms with Crippen molar-refractivity contribution in [3.63, 3.8) is 0 Å². The Hall–Kier alpha value is -2.56. The predicted molar refractivity (Wildman–Crippen MR) is 124 cm³/mol. The summed E-state index contributed by atoms with van der Waals surface area (Å²) in [5, 5.41) is 34.8. The maximum atomic E-state index is 8.92. The average Bonchev–Trinajstić information content (AvgIpc) is 2.78. The van der Waals surface area contributed by atoms with Gasteiger partial charge in [0.15, 0.2) is 0 Å². The van der Waals surface area contributed by atoms with Crippen LogP contribution in [0.5, 0.6) is 0 Å². The lowest BCUT2D eigenvalue weighted by atomic mass is 9.89. The van der Waals surface area contributed by atoms with Crippen molar-refractivity contribution in [1.29, 1.82) is 21.0 Å². The molecule has 0 aromatic heterocycles. The van der Waals surface area contributed by atoms with E-state index in [1.807, 2.05) is 19.9 Å². The van der Waals surface area contributed by atoms with Crippen LogP contribution in [0.25, 0.3) is 0 Å². The summed E-state index contributed by atoms with van der Waals surface area (Å²) in [6.45, 7) is 12.4. The van der Waals surface area contributed by atoms with E-state index in [2.05, 4.69) is 58.0 Å². The predicted octanol–water partition coefficient (Wildman–Crippen LogP) is 7.62. The highest BCUT2D eigenvalue weighted by molar-refractivity contribution is 5.10. The second-order valence-corrected chi connectivity index (χ2v) is 7.84. The van der Waals surface area contributed by atoms with Gasteiger partial charge in [-0.1, -0.05) is 64.3 Å². The zero-order chi connectivity index (χ0) is 23.4. The van der Waals surface area contributed by atoms with E-state index in [0.717, 1.165) is 38.5 Å². The van der Waals surface area contributed by atoms with Crippen LogP contribution in [0, 0.1) is 69.0 Å². The number of allylic oxidation sites excluding steroid dienone is 4. The molecular formula is C26H40N4. The van der Waals surface area contributed by atoms with E-state index in [0.29, 0.717) is 24.7 Å². The third-order valence-corrected chi connectivity index (χ3v) is 5.58. The quantitative estimate of drug-likeness (QED) is 0.310. The van der Waals surface area contributed by atoms with Gasteiger partial charge in [0.1, 0.15) is 0 Å². The lowest BCUT2D eigenvalue weighted by molar-refractivity contribution is 0.460. The van der Waals surface area contributed by atoms with Crippen LogP contribution < -0.4 is 0 Å². The van der Waals surface area contributed by atoms with E-state index in [9.17, 15) is 0 Å². The highest BCUT2D eigenvalue weighted by Crippen LogP contribution is 2.23. The molecule has 0 radical (unpaired) electrons. The minimum absolute atomic E-state index is 0.0366. The van der Waals surface area contributed by atoms with E-state index >= 15 is 0 Å². The minimum Gasteiger partial charge on any atom is -0.198 e. The molecule has 0 aromatic rings. The van der Waals surface area contributed by atoms with Crippen molar-refractivity contribution in [2.45, 2.75) is 92.9 Å². The number of hydrogen-bond donors (Lipinski definition) is 0. The lowest BCUT2D eigenvalue weighted by Crippen LogP contribution is -2.06. The Morgan fingerprint density at radius 1 is 0.800 bits per heavy atom. The maximum absolute atomic E-state index is 8.92. The molecule has 0 saturated carbocycles. The summed E-state index contributed by atoms with van der Waals surface area (Å²) in [6, 6.07) is 8.90. The molecule has 0 aliphatic carbocycles. The van der Waals surface area contributed by atoms with Crippen LogP contribution in [0.4, 0.5) is 0 Å². The molecular weight excluding hydrogens is 368 g/mol. The zero-order valence-electron chi connectivity index (χ0n) is 19.9. The highest BCUT2D eigenvalue weighted by atomic mass is 14.3. The minimum atomic E-state index is 0.0366. The fourth-order valence-electron chi connectivity index (χ4n) is 3.00. The summed E-state index contributed by atoms with van der Waals surface area (Å²) >= 11 is 0. The summed E-state index contributed by atoms with van der Waals surface area (Å²) in [4.78, 5) is 0. The Kier molecular flexibility index (Phi) is 19.5. The number of nitrogens with zero attached hydrogens (tertiary/aromatic N) is 4. The van der Waals surface area contributed by atoms with E-state index in [1.165, 1.54) is 11.1 Å². The molecule has 0 heterocycles. The second kappa shape index (κ2) is 19.7. The fourth-order valence-corrected chi connectivity index (χ4v) is 3.00. The molecule has 4 atom stereocenters. The molecule has 0 amide bonds. The second-order valence-electron chi connectivity index (χ2n) is 7.84. The fraction of sp³-hybridized carbons (Fsp3) is 0.692. The molecule has 4 nitrogen and oxygen atoms in total. The Morgan fingerprint density at radius 2 is 1.43 bits per heavy atom. The van der Waals surface area contributed by atoms with Crippen LogP contribution >= 0.6 is 0 Å². The lowest BCUT2D eigenvalue weighted by Gasteiger charge is -2.14. The topological polar surface area (TPSA) is 95.2 Å². The van der Waals surface area contributed by atoms with Crippen LogP contribution in [-0.4, -0.2) is 0 Å². The Bertz CT molecular complexity index is 676. The van der Waals surface area contributed by atoms with Crippen LogP contribution in [0.2, 0.25) is 0 Å². The first-order chi connectivity index (χ1) is 14.4. The van der Waals surface area contributed by atoms with Crippen molar-refractivity contribution in [2.24, 2.45) is 23.7 Å². The summed E-state index contributed by atoms with van der Waals surface area (Å²) in [6.07, 6.45) is 11.0. The van der Waals surface area contributed by atoms with Crippen molar-refractivity contribution in [3.8, 4) is 24.3 Å². The molecule has 0 aliphatic rings. The van der Waals surface area contributed by atoms with Crippen LogP contribution in [0.3, 0.4) is 0 Å². The number of rotatable bonds is 12. The Balaban J connectivity index is 0. The Morgan fingerprint density at radius 3 is 1.83 bits per heavy atom. The van der Waals surface area contributed by atoms with Gasteiger partial charge in [0.05, 0.1) is 36.6 Å². The first kappa shape index (κ1) is 29.6. The van der Waals surface area contributed by atoms with Gasteiger partial charge < -0.3 is 0 Å². The van der Waals surface area contributed by atoms with Crippen molar-refractivity contribution < 1.29 is 0 Å². The monoisotopic (exact) mass is 408 g/mol. The van der Waals surface area contributed by atoms with E-state index in [4.69, 9.17) is 21.0 Å². The summed E-state index contributed by atoms with van der Waals surface area (Å²) in [5.74, 6) is 0.957. The molecule has 0 rings (SSSR count). The summed E-state index contributed by atoms with van der Waals surface area (Å²) < 4.78 is 0. The van der Waals surface area contributed by atoms with Crippen molar-refractivity contribution in [1.82, 2.24) is 0 Å². The molecule has 4 unspecified atom stereocenters. The van der Waals surface area contributed by atoms with Gasteiger partial charge in [-0.3, -0.25) is 0 Å². The number of nitriles is 4. The molecule has 30 heavy (non-hydrogen) atoms. The number of hydrogen-bond acceptors (Lipinski definition) is 4. The third kappa shape index (κ3) is 14.4. The Labute approximate surface area is 185 Å². The molecule has 0 aliphatic heterocycles. The van der Waals surface area contributed by atoms with Crippen molar-refractivity contribution in [3.05, 3.63) is 23.3 Å². The molecule has 0 saturated heterocycles. The highest BCUT2D eigenvalue weighted by Gasteiger charge is 2.12. The van der Waals surface area contributed by atoms with Crippen molar-refractivity contribution in [2.75, 3.05) is 0 Å². The summed E-state index contributed by atoms with van der Waals surface area (Å²) in [7, 11) is 0. The average molecular weight is 409 g/mol. The molecule has 0 aromatic carbocycles. The van der Waals surface area contributed by atoms with Gasteiger partial charge in [-0.05, 0) is 50.9 Å². The van der Waals surface area contributed by atoms with Crippen LogP contribution in [-0.2, 0) is 0 Å². The normalized spacial score (nSPS) is 15.1. The van der Waals surface area contributed by atoms with Crippen LogP contribution in [0.1, 0.15) is 92.9 Å². The first-order valence-corrected chi connectivity index (χ1v) is 11.3. The molecule has 0 fully saturated rings. The van der Waals surface area contributed by atoms with E-state index in [1.54, 1.807) is 0 Å². The molecule has 0 bridgehead atoms. The molecule has 0 N–H and O–H groups in total. The van der Waals surface area contributed by atoms with Gasteiger partial charge in [-0.15, -0.1) is 0 Å². The smallest absolute Gasteiger partial charge is 0.0697 e. The standard InChI is InChI=1S/C14H22N2.C12H18N2/c1-4-12(7-8-15)9-13(5-2)10-14(6-3)11-16;1-4-12(6-5-7-13)8-10(2)11(3)9-14/h10,12,14H,4-7,9H2,1-3H3;6,10-11H,4-5,8H2,1-3H3/b13-10+;12-6+. The largest absolute Gasteiger partial charge is 0.198 e. The van der Waals surface area contributed by atoms with Gasteiger partial charge in [-0.2, -0.15) is 21.0 Å². The molecule has 0 spiro atoms. The van der Waals surface area contributed by atoms with Gasteiger partial charge in [0.2, 0.25) is 0 Å². The molecule has 164 valence electrons. The third-order valence-electron chi connectivity index (χ3n) is 5.58. The van der Waals surface area contributed by atoms with E-state index in [-0.39, 0.29) is 11.8 Å². The van der Waals surface area contributed by atoms with Crippen LogP contribution in [0.15, 0.2) is 23.3 Å². The van der Waals surface area contributed by atoms with Gasteiger partial charge in [-0.25, -0.2) is 0 Å². The van der Waals surface area contributed by atoms with Gasteiger partial charge in [0, 0.05) is 12.3 Å². The molecule has 4 heteroatoms. The van der Waals surface area contributed by atoms with Gasteiger partial charge in [0.25, 0.3) is 0 Å². The van der Waals surface area contributed by atoms with Crippen molar-refractivity contribution >= 4 is 0 Å². The zero-order valence-corrected chi connectivity index (χ0v) is 19.9. The maximum Gasteiger partial charge on any atom is 0.0697 e. The van der Waals surface area contributed by atoms with Gasteiger partial charge >= 0.3 is 0 Å². The SMILES string of the molecule is CC/C(=C\C(C#N)CC)CC(CC)CC#N.CC/C(=C\CC#N)CC(C)C(C)C#N. The van der Waals surface area contributed by atoms with E-state index < -0.39 is 0 Å². The summed E-state index contributed by atoms with van der Waals surface area (Å²) in [5.41, 5.74) is 2.62. The first-order valence-electron chi connectivity index (χ1n) is 11.3.